The fourth-order valence-corrected chi connectivity index (χ4v) is 2.00. The van der Waals surface area contributed by atoms with Crippen LogP contribution in [0, 0.1) is 10.1 Å². The number of hydrogen-bond acceptors (Lipinski definition) is 4. The second kappa shape index (κ2) is 5.81. The number of aryl methyl sites for hydroxylation is 1. The Kier molecular flexibility index (Phi) is 4.13. The second-order valence-corrected chi connectivity index (χ2v) is 4.46. The zero-order valence-electron chi connectivity index (χ0n) is 10.3. The van der Waals surface area contributed by atoms with Crippen LogP contribution in [-0.2, 0) is 20.1 Å². The summed E-state index contributed by atoms with van der Waals surface area (Å²) in [6.45, 7) is 0.842. The molecule has 1 heterocycles. The number of benzene rings is 1. The lowest BCUT2D eigenvalue weighted by molar-refractivity contribution is -0.385. The van der Waals surface area contributed by atoms with E-state index in [0.717, 1.165) is 5.82 Å². The minimum atomic E-state index is -0.427. The number of nitro benzene ring substituents is 1. The van der Waals surface area contributed by atoms with E-state index in [1.54, 1.807) is 18.3 Å². The Morgan fingerprint density at radius 3 is 2.89 bits per heavy atom. The molecule has 1 aromatic carbocycles. The molecule has 0 saturated carbocycles. The Balaban J connectivity index is 2.07. The first kappa shape index (κ1) is 13.5. The van der Waals surface area contributed by atoms with Gasteiger partial charge in [-0.2, -0.15) is 0 Å². The molecule has 6 nitrogen and oxygen atoms in total. The maximum Gasteiger partial charge on any atom is 0.275 e. The van der Waals surface area contributed by atoms with E-state index in [1.165, 1.54) is 6.07 Å². The molecule has 0 aliphatic heterocycles. The van der Waals surface area contributed by atoms with Gasteiger partial charge in [-0.25, -0.2) is 4.98 Å². The molecule has 1 N–H and O–H groups in total. The Morgan fingerprint density at radius 1 is 1.47 bits per heavy atom. The van der Waals surface area contributed by atoms with Crippen LogP contribution in [0.2, 0.25) is 5.02 Å². The summed E-state index contributed by atoms with van der Waals surface area (Å²) < 4.78 is 1.88. The fraction of sp³-hybridized carbons (Fsp3) is 0.250. The topological polar surface area (TPSA) is 73.0 Å². The van der Waals surface area contributed by atoms with Crippen molar-refractivity contribution in [2.24, 2.45) is 7.05 Å². The number of nitrogens with zero attached hydrogens (tertiary/aromatic N) is 3. The molecule has 0 saturated heterocycles. The molecule has 0 atom stereocenters. The summed E-state index contributed by atoms with van der Waals surface area (Å²) >= 11 is 6.00. The van der Waals surface area contributed by atoms with Crippen molar-refractivity contribution in [3.05, 3.63) is 57.1 Å². The Bertz CT molecular complexity index is 597. The predicted molar refractivity (Wildman–Crippen MR) is 71.9 cm³/mol. The monoisotopic (exact) mass is 280 g/mol. The molecule has 2 aromatic rings. The summed E-state index contributed by atoms with van der Waals surface area (Å²) in [5.41, 5.74) is 0.517. The van der Waals surface area contributed by atoms with Crippen LogP contribution in [0.1, 0.15) is 11.4 Å². The van der Waals surface area contributed by atoms with Crippen LogP contribution >= 0.6 is 11.6 Å². The van der Waals surface area contributed by atoms with Crippen molar-refractivity contribution in [3.8, 4) is 0 Å². The van der Waals surface area contributed by atoms with Crippen molar-refractivity contribution >= 4 is 17.3 Å². The summed E-state index contributed by atoms with van der Waals surface area (Å²) in [4.78, 5) is 14.7. The third-order valence-electron chi connectivity index (χ3n) is 2.80. The van der Waals surface area contributed by atoms with E-state index in [0.29, 0.717) is 23.7 Å². The Hall–Kier alpha value is -1.92. The van der Waals surface area contributed by atoms with Crippen LogP contribution in [0.25, 0.3) is 0 Å². The quantitative estimate of drug-likeness (QED) is 0.673. The van der Waals surface area contributed by atoms with Gasteiger partial charge in [-0.1, -0.05) is 17.7 Å². The van der Waals surface area contributed by atoms with Gasteiger partial charge < -0.3 is 9.88 Å². The molecule has 1 aromatic heterocycles. The van der Waals surface area contributed by atoms with Gasteiger partial charge in [0.1, 0.15) is 5.82 Å². The van der Waals surface area contributed by atoms with E-state index in [4.69, 9.17) is 11.6 Å². The van der Waals surface area contributed by atoms with Crippen LogP contribution in [0.5, 0.6) is 0 Å². The van der Waals surface area contributed by atoms with Crippen LogP contribution in [0.4, 0.5) is 5.69 Å². The number of nitro groups is 1. The third kappa shape index (κ3) is 3.10. The molecule has 0 bridgehead atoms. The lowest BCUT2D eigenvalue weighted by Crippen LogP contribution is -2.16. The van der Waals surface area contributed by atoms with Crippen LogP contribution in [0.3, 0.4) is 0 Å². The van der Waals surface area contributed by atoms with Crippen LogP contribution < -0.4 is 5.32 Å². The number of halogens is 1. The van der Waals surface area contributed by atoms with E-state index < -0.39 is 4.92 Å². The Morgan fingerprint density at radius 2 is 2.26 bits per heavy atom. The summed E-state index contributed by atoms with van der Waals surface area (Å²) in [5.74, 6) is 0.856. The van der Waals surface area contributed by atoms with Gasteiger partial charge in [-0.05, 0) is 6.07 Å². The third-order valence-corrected chi connectivity index (χ3v) is 3.15. The first-order chi connectivity index (χ1) is 9.09. The zero-order chi connectivity index (χ0) is 13.8. The van der Waals surface area contributed by atoms with E-state index in [-0.39, 0.29) is 5.69 Å². The van der Waals surface area contributed by atoms with Gasteiger partial charge in [0, 0.05) is 32.1 Å². The number of rotatable bonds is 5. The molecule has 0 aliphatic rings. The van der Waals surface area contributed by atoms with E-state index >= 15 is 0 Å². The minimum absolute atomic E-state index is 0.0276. The van der Waals surface area contributed by atoms with Crippen molar-refractivity contribution < 1.29 is 4.92 Å². The van der Waals surface area contributed by atoms with Crippen molar-refractivity contribution in [2.75, 3.05) is 0 Å². The van der Waals surface area contributed by atoms with Crippen molar-refractivity contribution in [1.29, 1.82) is 0 Å². The van der Waals surface area contributed by atoms with Gasteiger partial charge in [-0.15, -0.1) is 0 Å². The highest BCUT2D eigenvalue weighted by Gasteiger charge is 2.16. The van der Waals surface area contributed by atoms with Gasteiger partial charge in [-0.3, -0.25) is 10.1 Å². The van der Waals surface area contributed by atoms with Gasteiger partial charge in [0.25, 0.3) is 5.69 Å². The molecule has 19 heavy (non-hydrogen) atoms. The number of aromatic nitrogens is 2. The minimum Gasteiger partial charge on any atom is -0.337 e. The van der Waals surface area contributed by atoms with E-state index in [2.05, 4.69) is 10.3 Å². The molecule has 2 rings (SSSR count). The second-order valence-electron chi connectivity index (χ2n) is 4.05. The van der Waals surface area contributed by atoms with Crippen LogP contribution in [-0.4, -0.2) is 14.5 Å². The van der Waals surface area contributed by atoms with Gasteiger partial charge in [0.15, 0.2) is 0 Å². The molecular formula is C12H13ClN4O2. The lowest BCUT2D eigenvalue weighted by Gasteiger charge is -2.07. The zero-order valence-corrected chi connectivity index (χ0v) is 11.1. The fourth-order valence-electron chi connectivity index (χ4n) is 1.76. The molecule has 0 fully saturated rings. The van der Waals surface area contributed by atoms with Crippen LogP contribution in [0.15, 0.2) is 30.6 Å². The maximum absolute atomic E-state index is 10.9. The summed E-state index contributed by atoms with van der Waals surface area (Å²) in [5, 5.41) is 14.4. The molecule has 0 radical (unpaired) electrons. The number of imidazole rings is 1. The van der Waals surface area contributed by atoms with E-state index in [9.17, 15) is 10.1 Å². The van der Waals surface area contributed by atoms with Crippen molar-refractivity contribution in [3.63, 3.8) is 0 Å². The molecule has 0 spiro atoms. The predicted octanol–water partition coefficient (Wildman–Crippen LogP) is 2.27. The summed E-state index contributed by atoms with van der Waals surface area (Å²) in [6.07, 6.45) is 3.55. The average molecular weight is 281 g/mol. The average Bonchev–Trinajstić information content (AvgIpc) is 2.77. The first-order valence-corrected chi connectivity index (χ1v) is 6.06. The highest BCUT2D eigenvalue weighted by Crippen LogP contribution is 2.25. The van der Waals surface area contributed by atoms with Gasteiger partial charge in [0.05, 0.1) is 22.1 Å². The first-order valence-electron chi connectivity index (χ1n) is 5.68. The lowest BCUT2D eigenvalue weighted by atomic mass is 10.2. The molecule has 7 heteroatoms. The number of nitrogens with one attached hydrogen (secondary N) is 1. The standard InChI is InChI=1S/C12H13ClN4O2/c1-16-6-5-15-12(16)8-14-7-9-10(13)3-2-4-11(9)17(18)19/h2-6,14H,7-8H2,1H3. The summed E-state index contributed by atoms with van der Waals surface area (Å²) in [7, 11) is 1.89. The molecule has 100 valence electrons. The SMILES string of the molecule is Cn1ccnc1CNCc1c(Cl)cccc1[N+](=O)[O-]. The largest absolute Gasteiger partial charge is 0.337 e. The van der Waals surface area contributed by atoms with Gasteiger partial charge >= 0.3 is 0 Å². The van der Waals surface area contributed by atoms with E-state index in [1.807, 2.05) is 17.8 Å². The highest BCUT2D eigenvalue weighted by molar-refractivity contribution is 6.31. The number of hydrogen-bond donors (Lipinski definition) is 1. The Labute approximate surface area is 115 Å². The maximum atomic E-state index is 10.9. The van der Waals surface area contributed by atoms with Crippen molar-refractivity contribution in [1.82, 2.24) is 14.9 Å². The van der Waals surface area contributed by atoms with Crippen molar-refractivity contribution in [2.45, 2.75) is 13.1 Å². The highest BCUT2D eigenvalue weighted by atomic mass is 35.5. The smallest absolute Gasteiger partial charge is 0.275 e. The molecule has 0 amide bonds. The molecule has 0 unspecified atom stereocenters. The summed E-state index contributed by atoms with van der Waals surface area (Å²) in [6, 6.07) is 4.67. The molecular weight excluding hydrogens is 268 g/mol. The van der Waals surface area contributed by atoms with Gasteiger partial charge in [0.2, 0.25) is 0 Å². The normalized spacial score (nSPS) is 10.6. The molecule has 0 aliphatic carbocycles.